The second kappa shape index (κ2) is 2.58. The van der Waals surface area contributed by atoms with Crippen LogP contribution in [0.25, 0.3) is 0 Å². The zero-order chi connectivity index (χ0) is 7.72. The summed E-state index contributed by atoms with van der Waals surface area (Å²) in [6.07, 6.45) is 0.526. The SMILES string of the molecule is CC1=NN(C(C)O)C(C)C1. The molecule has 1 N–H and O–H groups in total. The van der Waals surface area contributed by atoms with E-state index < -0.39 is 6.23 Å². The summed E-state index contributed by atoms with van der Waals surface area (Å²) in [5.74, 6) is 0. The van der Waals surface area contributed by atoms with Crippen molar-refractivity contribution in [2.75, 3.05) is 0 Å². The third kappa shape index (κ3) is 1.29. The van der Waals surface area contributed by atoms with Crippen molar-refractivity contribution in [1.29, 1.82) is 0 Å². The first-order valence-corrected chi connectivity index (χ1v) is 3.61. The van der Waals surface area contributed by atoms with E-state index in [9.17, 15) is 0 Å². The number of nitrogens with zero attached hydrogens (tertiary/aromatic N) is 2. The van der Waals surface area contributed by atoms with Crippen molar-refractivity contribution in [1.82, 2.24) is 5.01 Å². The predicted octanol–water partition coefficient (Wildman–Crippen LogP) is 0.795. The molecule has 2 unspecified atom stereocenters. The molecule has 0 fully saturated rings. The van der Waals surface area contributed by atoms with Crippen LogP contribution < -0.4 is 0 Å². The minimum absolute atomic E-state index is 0.361. The lowest BCUT2D eigenvalue weighted by atomic mass is 10.2. The summed E-state index contributed by atoms with van der Waals surface area (Å²) < 4.78 is 0. The van der Waals surface area contributed by atoms with Crippen LogP contribution in [0.3, 0.4) is 0 Å². The molecule has 0 aliphatic carbocycles. The fourth-order valence-electron chi connectivity index (χ4n) is 1.31. The van der Waals surface area contributed by atoms with Crippen molar-refractivity contribution < 1.29 is 5.11 Å². The van der Waals surface area contributed by atoms with Gasteiger partial charge in [-0.25, -0.2) is 0 Å². The molecule has 10 heavy (non-hydrogen) atoms. The van der Waals surface area contributed by atoms with Gasteiger partial charge in [0.1, 0.15) is 6.23 Å². The Labute approximate surface area is 61.3 Å². The van der Waals surface area contributed by atoms with Gasteiger partial charge in [-0.05, 0) is 20.8 Å². The third-order valence-corrected chi connectivity index (χ3v) is 1.71. The van der Waals surface area contributed by atoms with Gasteiger partial charge in [-0.15, -0.1) is 0 Å². The van der Waals surface area contributed by atoms with Crippen LogP contribution in [0.2, 0.25) is 0 Å². The van der Waals surface area contributed by atoms with E-state index in [1.54, 1.807) is 11.9 Å². The molecule has 58 valence electrons. The summed E-state index contributed by atoms with van der Waals surface area (Å²) >= 11 is 0. The van der Waals surface area contributed by atoms with Crippen LogP contribution in [0, 0.1) is 0 Å². The van der Waals surface area contributed by atoms with Crippen molar-refractivity contribution >= 4 is 5.71 Å². The molecule has 0 amide bonds. The van der Waals surface area contributed by atoms with Gasteiger partial charge in [0.25, 0.3) is 0 Å². The highest BCUT2D eigenvalue weighted by atomic mass is 16.3. The van der Waals surface area contributed by atoms with Crippen LogP contribution in [-0.4, -0.2) is 28.1 Å². The number of aliphatic hydroxyl groups is 1. The van der Waals surface area contributed by atoms with Crippen molar-refractivity contribution in [3.63, 3.8) is 0 Å². The van der Waals surface area contributed by atoms with Gasteiger partial charge >= 0.3 is 0 Å². The second-order valence-electron chi connectivity index (χ2n) is 2.90. The first-order chi connectivity index (χ1) is 4.61. The number of aliphatic hydroxyl groups excluding tert-OH is 1. The van der Waals surface area contributed by atoms with Crippen molar-refractivity contribution in [2.45, 2.75) is 39.5 Å². The molecule has 1 aliphatic heterocycles. The van der Waals surface area contributed by atoms with Gasteiger partial charge in [0, 0.05) is 12.1 Å². The van der Waals surface area contributed by atoms with Gasteiger partial charge in [-0.1, -0.05) is 0 Å². The topological polar surface area (TPSA) is 35.8 Å². The van der Waals surface area contributed by atoms with Crippen molar-refractivity contribution in [2.24, 2.45) is 5.10 Å². The second-order valence-corrected chi connectivity index (χ2v) is 2.90. The number of hydrazone groups is 1. The Morgan fingerprint density at radius 2 is 2.40 bits per heavy atom. The minimum Gasteiger partial charge on any atom is -0.372 e. The van der Waals surface area contributed by atoms with Gasteiger partial charge in [0.2, 0.25) is 0 Å². The summed E-state index contributed by atoms with van der Waals surface area (Å²) in [6, 6.07) is 0.361. The molecule has 0 radical (unpaired) electrons. The van der Waals surface area contributed by atoms with Gasteiger partial charge < -0.3 is 5.11 Å². The first-order valence-electron chi connectivity index (χ1n) is 3.61. The Kier molecular flexibility index (Phi) is 1.94. The number of hydrogen-bond donors (Lipinski definition) is 1. The molecular formula is C7H14N2O. The molecule has 0 saturated heterocycles. The molecule has 0 saturated carbocycles. The summed E-state index contributed by atoms with van der Waals surface area (Å²) in [7, 11) is 0. The van der Waals surface area contributed by atoms with Crippen LogP contribution >= 0.6 is 0 Å². The largest absolute Gasteiger partial charge is 0.372 e. The molecular weight excluding hydrogens is 128 g/mol. The maximum Gasteiger partial charge on any atom is 0.140 e. The van der Waals surface area contributed by atoms with Gasteiger partial charge in [-0.2, -0.15) is 5.10 Å². The lowest BCUT2D eigenvalue weighted by Crippen LogP contribution is -2.31. The molecule has 1 aliphatic rings. The highest BCUT2D eigenvalue weighted by molar-refractivity contribution is 5.83. The van der Waals surface area contributed by atoms with E-state index >= 15 is 0 Å². The Balaban J connectivity index is 2.60. The van der Waals surface area contributed by atoms with Gasteiger partial charge in [-0.3, -0.25) is 5.01 Å². The van der Waals surface area contributed by atoms with Crippen LogP contribution in [0.1, 0.15) is 27.2 Å². The standard InChI is InChI=1S/C7H14N2O/c1-5-4-6(2)9(8-5)7(3)10/h6-7,10H,4H2,1-3H3. The maximum atomic E-state index is 9.16. The molecule has 0 bridgehead atoms. The zero-order valence-corrected chi connectivity index (χ0v) is 6.70. The Bertz CT molecular complexity index is 154. The fourth-order valence-corrected chi connectivity index (χ4v) is 1.31. The third-order valence-electron chi connectivity index (χ3n) is 1.71. The molecule has 1 rings (SSSR count). The molecule has 1 heterocycles. The van der Waals surface area contributed by atoms with Crippen LogP contribution in [0.15, 0.2) is 5.10 Å². The van der Waals surface area contributed by atoms with E-state index in [0.717, 1.165) is 12.1 Å². The summed E-state index contributed by atoms with van der Waals surface area (Å²) in [4.78, 5) is 0. The Hall–Kier alpha value is -0.570. The molecule has 0 spiro atoms. The monoisotopic (exact) mass is 142 g/mol. The first kappa shape index (κ1) is 7.54. The molecule has 3 nitrogen and oxygen atoms in total. The predicted molar refractivity (Wildman–Crippen MR) is 40.7 cm³/mol. The lowest BCUT2D eigenvalue weighted by Gasteiger charge is -2.22. The number of hydrogen-bond acceptors (Lipinski definition) is 3. The zero-order valence-electron chi connectivity index (χ0n) is 6.70. The number of rotatable bonds is 1. The van der Waals surface area contributed by atoms with Gasteiger partial charge in [0.15, 0.2) is 0 Å². The average molecular weight is 142 g/mol. The quantitative estimate of drug-likeness (QED) is 0.587. The summed E-state index contributed by atoms with van der Waals surface area (Å²) in [6.45, 7) is 5.78. The average Bonchev–Trinajstić information content (AvgIpc) is 2.10. The van der Waals surface area contributed by atoms with Crippen LogP contribution in [0.5, 0.6) is 0 Å². The summed E-state index contributed by atoms with van der Waals surface area (Å²) in [5, 5.41) is 15.1. The molecule has 0 aromatic heterocycles. The van der Waals surface area contributed by atoms with Crippen molar-refractivity contribution in [3.05, 3.63) is 0 Å². The van der Waals surface area contributed by atoms with Crippen LogP contribution in [-0.2, 0) is 0 Å². The fraction of sp³-hybridized carbons (Fsp3) is 0.857. The minimum atomic E-state index is -0.451. The van der Waals surface area contributed by atoms with E-state index in [1.165, 1.54) is 0 Å². The smallest absolute Gasteiger partial charge is 0.140 e. The Morgan fingerprint density at radius 3 is 2.60 bits per heavy atom. The highest BCUT2D eigenvalue weighted by Gasteiger charge is 2.22. The molecule has 0 aromatic rings. The molecule has 3 heteroatoms. The van der Waals surface area contributed by atoms with E-state index in [-0.39, 0.29) is 0 Å². The Morgan fingerprint density at radius 1 is 1.80 bits per heavy atom. The van der Waals surface area contributed by atoms with E-state index in [1.807, 2.05) is 6.92 Å². The van der Waals surface area contributed by atoms with E-state index in [4.69, 9.17) is 5.11 Å². The molecule has 2 atom stereocenters. The van der Waals surface area contributed by atoms with Crippen LogP contribution in [0.4, 0.5) is 0 Å². The summed E-state index contributed by atoms with van der Waals surface area (Å²) in [5.41, 5.74) is 1.11. The normalized spacial score (nSPS) is 28.6. The van der Waals surface area contributed by atoms with Gasteiger partial charge in [0.05, 0.1) is 6.04 Å². The lowest BCUT2D eigenvalue weighted by molar-refractivity contribution is 0.00467. The highest BCUT2D eigenvalue weighted by Crippen LogP contribution is 2.16. The van der Waals surface area contributed by atoms with E-state index in [2.05, 4.69) is 12.0 Å². The van der Waals surface area contributed by atoms with E-state index in [0.29, 0.717) is 6.04 Å². The van der Waals surface area contributed by atoms with Crippen molar-refractivity contribution in [3.8, 4) is 0 Å². The molecule has 0 aromatic carbocycles. The maximum absolute atomic E-state index is 9.16.